The van der Waals surface area contributed by atoms with E-state index in [0.29, 0.717) is 13.0 Å². The van der Waals surface area contributed by atoms with Crippen LogP contribution < -0.4 is 5.73 Å². The molecule has 1 aromatic rings. The summed E-state index contributed by atoms with van der Waals surface area (Å²) >= 11 is 0. The molecule has 0 radical (unpaired) electrons. The SMILES string of the molecule is CN(Cc1ccc(N)cc1)C(=O)CCC1CCCCO1. The zero-order valence-electron chi connectivity index (χ0n) is 12.2. The van der Waals surface area contributed by atoms with Gasteiger partial charge in [0.1, 0.15) is 0 Å². The summed E-state index contributed by atoms with van der Waals surface area (Å²) in [6.07, 6.45) is 5.15. The second-order valence-corrected chi connectivity index (χ2v) is 5.52. The Labute approximate surface area is 120 Å². The van der Waals surface area contributed by atoms with E-state index in [1.54, 1.807) is 4.90 Å². The van der Waals surface area contributed by atoms with Crippen LogP contribution in [0.4, 0.5) is 5.69 Å². The maximum absolute atomic E-state index is 12.1. The summed E-state index contributed by atoms with van der Waals surface area (Å²) in [6, 6.07) is 7.65. The first kappa shape index (κ1) is 14.9. The van der Waals surface area contributed by atoms with Gasteiger partial charge in [-0.05, 0) is 43.4 Å². The summed E-state index contributed by atoms with van der Waals surface area (Å²) < 4.78 is 5.65. The Morgan fingerprint density at radius 1 is 1.35 bits per heavy atom. The second kappa shape index (κ2) is 7.29. The molecule has 110 valence electrons. The number of nitrogen functional groups attached to an aromatic ring is 1. The molecular weight excluding hydrogens is 252 g/mol. The Kier molecular flexibility index (Phi) is 5.41. The smallest absolute Gasteiger partial charge is 0.222 e. The van der Waals surface area contributed by atoms with E-state index in [9.17, 15) is 4.79 Å². The van der Waals surface area contributed by atoms with E-state index in [2.05, 4.69) is 0 Å². The van der Waals surface area contributed by atoms with E-state index in [4.69, 9.17) is 10.5 Å². The van der Waals surface area contributed by atoms with Crippen molar-refractivity contribution < 1.29 is 9.53 Å². The van der Waals surface area contributed by atoms with Gasteiger partial charge in [-0.15, -0.1) is 0 Å². The van der Waals surface area contributed by atoms with Crippen molar-refractivity contribution in [2.75, 3.05) is 19.4 Å². The van der Waals surface area contributed by atoms with Gasteiger partial charge in [-0.1, -0.05) is 12.1 Å². The van der Waals surface area contributed by atoms with Crippen LogP contribution in [0.15, 0.2) is 24.3 Å². The Hall–Kier alpha value is -1.55. The summed E-state index contributed by atoms with van der Waals surface area (Å²) in [4.78, 5) is 13.9. The van der Waals surface area contributed by atoms with E-state index in [1.165, 1.54) is 6.42 Å². The zero-order valence-corrected chi connectivity index (χ0v) is 12.2. The van der Waals surface area contributed by atoms with Crippen molar-refractivity contribution in [3.63, 3.8) is 0 Å². The highest BCUT2D eigenvalue weighted by atomic mass is 16.5. The third-order valence-electron chi connectivity index (χ3n) is 3.78. The summed E-state index contributed by atoms with van der Waals surface area (Å²) in [5, 5.41) is 0. The summed E-state index contributed by atoms with van der Waals surface area (Å²) in [7, 11) is 1.85. The molecule has 1 aliphatic rings. The number of hydrogen-bond acceptors (Lipinski definition) is 3. The van der Waals surface area contributed by atoms with Gasteiger partial charge in [-0.2, -0.15) is 0 Å². The molecule has 1 fully saturated rings. The quantitative estimate of drug-likeness (QED) is 0.841. The van der Waals surface area contributed by atoms with Crippen LogP contribution in [-0.4, -0.2) is 30.6 Å². The Bertz CT molecular complexity index is 425. The molecule has 0 saturated carbocycles. The van der Waals surface area contributed by atoms with E-state index in [1.807, 2.05) is 31.3 Å². The summed E-state index contributed by atoms with van der Waals surface area (Å²) in [5.74, 6) is 0.177. The number of hydrogen-bond donors (Lipinski definition) is 1. The number of carbonyl (C=O) groups is 1. The van der Waals surface area contributed by atoms with Gasteiger partial charge in [0.05, 0.1) is 6.10 Å². The minimum Gasteiger partial charge on any atom is -0.399 e. The number of carbonyl (C=O) groups excluding carboxylic acids is 1. The zero-order chi connectivity index (χ0) is 14.4. The van der Waals surface area contributed by atoms with Crippen molar-refractivity contribution in [2.24, 2.45) is 0 Å². The minimum absolute atomic E-state index is 0.177. The van der Waals surface area contributed by atoms with Crippen molar-refractivity contribution in [1.82, 2.24) is 4.90 Å². The average molecular weight is 276 g/mol. The molecule has 1 saturated heterocycles. The second-order valence-electron chi connectivity index (χ2n) is 5.52. The molecule has 1 heterocycles. The normalized spacial score (nSPS) is 18.8. The van der Waals surface area contributed by atoms with E-state index in [-0.39, 0.29) is 12.0 Å². The van der Waals surface area contributed by atoms with Crippen molar-refractivity contribution >= 4 is 11.6 Å². The van der Waals surface area contributed by atoms with Crippen LogP contribution in [0.3, 0.4) is 0 Å². The van der Waals surface area contributed by atoms with Gasteiger partial charge in [0.25, 0.3) is 0 Å². The Morgan fingerprint density at radius 3 is 2.75 bits per heavy atom. The van der Waals surface area contributed by atoms with Crippen LogP contribution in [0, 0.1) is 0 Å². The van der Waals surface area contributed by atoms with Gasteiger partial charge in [0.15, 0.2) is 0 Å². The molecule has 1 aliphatic heterocycles. The molecule has 1 aromatic carbocycles. The molecule has 1 amide bonds. The van der Waals surface area contributed by atoms with E-state index >= 15 is 0 Å². The molecule has 4 nitrogen and oxygen atoms in total. The lowest BCUT2D eigenvalue weighted by Crippen LogP contribution is -2.28. The lowest BCUT2D eigenvalue weighted by molar-refractivity contribution is -0.131. The number of amides is 1. The molecule has 0 bridgehead atoms. The van der Waals surface area contributed by atoms with E-state index in [0.717, 1.165) is 37.1 Å². The van der Waals surface area contributed by atoms with Crippen LogP contribution in [0.5, 0.6) is 0 Å². The fourth-order valence-electron chi connectivity index (χ4n) is 2.50. The number of nitrogens with two attached hydrogens (primary N) is 1. The van der Waals surface area contributed by atoms with Crippen LogP contribution in [0.25, 0.3) is 0 Å². The number of ether oxygens (including phenoxy) is 1. The number of nitrogens with zero attached hydrogens (tertiary/aromatic N) is 1. The minimum atomic E-state index is 0.177. The molecule has 2 rings (SSSR count). The van der Waals surface area contributed by atoms with Gasteiger partial charge >= 0.3 is 0 Å². The fraction of sp³-hybridized carbons (Fsp3) is 0.562. The lowest BCUT2D eigenvalue weighted by atomic mass is 10.0. The predicted octanol–water partition coefficient (Wildman–Crippen LogP) is 2.58. The van der Waals surface area contributed by atoms with Gasteiger partial charge in [0, 0.05) is 32.3 Å². The van der Waals surface area contributed by atoms with Crippen molar-refractivity contribution in [3.05, 3.63) is 29.8 Å². The molecule has 0 aromatic heterocycles. The molecular formula is C16H24N2O2. The maximum Gasteiger partial charge on any atom is 0.222 e. The standard InChI is InChI=1S/C16H24N2O2/c1-18(12-13-5-7-14(17)8-6-13)16(19)10-9-15-4-2-3-11-20-15/h5-8,15H,2-4,9-12,17H2,1H3. The van der Waals surface area contributed by atoms with Gasteiger partial charge in [0.2, 0.25) is 5.91 Å². The lowest BCUT2D eigenvalue weighted by Gasteiger charge is -2.23. The topological polar surface area (TPSA) is 55.6 Å². The maximum atomic E-state index is 12.1. The molecule has 1 atom stereocenters. The highest BCUT2D eigenvalue weighted by Gasteiger charge is 2.17. The first-order valence-electron chi connectivity index (χ1n) is 7.35. The highest BCUT2D eigenvalue weighted by molar-refractivity contribution is 5.75. The van der Waals surface area contributed by atoms with Crippen molar-refractivity contribution in [2.45, 2.75) is 44.8 Å². The van der Waals surface area contributed by atoms with Crippen LogP contribution in [-0.2, 0) is 16.1 Å². The van der Waals surface area contributed by atoms with Crippen LogP contribution in [0.1, 0.15) is 37.7 Å². The predicted molar refractivity (Wildman–Crippen MR) is 80.2 cm³/mol. The van der Waals surface area contributed by atoms with Crippen molar-refractivity contribution in [3.8, 4) is 0 Å². The molecule has 20 heavy (non-hydrogen) atoms. The van der Waals surface area contributed by atoms with Crippen molar-refractivity contribution in [1.29, 1.82) is 0 Å². The Balaban J connectivity index is 1.75. The average Bonchev–Trinajstić information content (AvgIpc) is 2.48. The molecule has 4 heteroatoms. The molecule has 2 N–H and O–H groups in total. The number of anilines is 1. The first-order valence-corrected chi connectivity index (χ1v) is 7.35. The highest BCUT2D eigenvalue weighted by Crippen LogP contribution is 2.17. The third kappa shape index (κ3) is 4.53. The largest absolute Gasteiger partial charge is 0.399 e. The van der Waals surface area contributed by atoms with Gasteiger partial charge in [-0.25, -0.2) is 0 Å². The molecule has 0 spiro atoms. The Morgan fingerprint density at radius 2 is 2.10 bits per heavy atom. The summed E-state index contributed by atoms with van der Waals surface area (Å²) in [5.41, 5.74) is 7.50. The molecule has 0 aliphatic carbocycles. The first-order chi connectivity index (χ1) is 9.65. The van der Waals surface area contributed by atoms with Gasteiger partial charge in [-0.3, -0.25) is 4.79 Å². The fourth-order valence-corrected chi connectivity index (χ4v) is 2.50. The van der Waals surface area contributed by atoms with Crippen LogP contribution >= 0.6 is 0 Å². The van der Waals surface area contributed by atoms with Gasteiger partial charge < -0.3 is 15.4 Å². The summed E-state index contributed by atoms with van der Waals surface area (Å²) in [6.45, 7) is 1.48. The number of rotatable bonds is 5. The van der Waals surface area contributed by atoms with E-state index < -0.39 is 0 Å². The number of benzene rings is 1. The third-order valence-corrected chi connectivity index (χ3v) is 3.78. The van der Waals surface area contributed by atoms with Crippen LogP contribution in [0.2, 0.25) is 0 Å². The molecule has 1 unspecified atom stereocenters. The monoisotopic (exact) mass is 276 g/mol.